The van der Waals surface area contributed by atoms with E-state index in [0.29, 0.717) is 18.7 Å². The normalized spacial score (nSPS) is 20.2. The number of rotatable bonds is 4. The fraction of sp³-hybridized carbons (Fsp3) is 0.385. The molecule has 5 heteroatoms. The largest absolute Gasteiger partial charge is 0.368 e. The Morgan fingerprint density at radius 1 is 1.56 bits per heavy atom. The maximum absolute atomic E-state index is 13.3. The average Bonchev–Trinajstić information content (AvgIpc) is 2.42. The van der Waals surface area contributed by atoms with E-state index in [1.807, 2.05) is 0 Å². The summed E-state index contributed by atoms with van der Waals surface area (Å²) >= 11 is 0. The maximum Gasteiger partial charge on any atom is 0.184 e. The van der Waals surface area contributed by atoms with Crippen LogP contribution >= 0.6 is 0 Å². The molecule has 0 saturated carbocycles. The van der Waals surface area contributed by atoms with Crippen molar-refractivity contribution in [2.75, 3.05) is 26.2 Å². The molecule has 1 aromatic carbocycles. The third-order valence-electron chi connectivity index (χ3n) is 2.67. The first-order chi connectivity index (χ1) is 8.77. The number of nitrogens with zero attached hydrogens (tertiary/aromatic N) is 1. The Kier molecular flexibility index (Phi) is 4.55. The number of hydrogen-bond donors (Lipinski definition) is 1. The molecule has 0 amide bonds. The van der Waals surface area contributed by atoms with Gasteiger partial charge in [0, 0.05) is 24.9 Å². The SMILES string of the molecule is O=C(CN=Cc1ccccc1F)C1CNCCO1. The molecule has 0 radical (unpaired) electrons. The highest BCUT2D eigenvalue weighted by Gasteiger charge is 2.20. The Labute approximate surface area is 105 Å². The lowest BCUT2D eigenvalue weighted by Gasteiger charge is -2.21. The predicted octanol–water partition coefficient (Wildman–Crippen LogP) is 0.802. The average molecular weight is 250 g/mol. The van der Waals surface area contributed by atoms with Crippen molar-refractivity contribution in [2.45, 2.75) is 6.10 Å². The number of hydrogen-bond acceptors (Lipinski definition) is 4. The lowest BCUT2D eigenvalue weighted by molar-refractivity contribution is -0.130. The monoisotopic (exact) mass is 250 g/mol. The highest BCUT2D eigenvalue weighted by Crippen LogP contribution is 2.03. The van der Waals surface area contributed by atoms with Crippen molar-refractivity contribution in [1.29, 1.82) is 0 Å². The second-order valence-electron chi connectivity index (χ2n) is 4.02. The quantitative estimate of drug-likeness (QED) is 0.804. The summed E-state index contributed by atoms with van der Waals surface area (Å²) in [6.07, 6.45) is 0.945. The van der Waals surface area contributed by atoms with Gasteiger partial charge < -0.3 is 10.1 Å². The molecule has 1 heterocycles. The van der Waals surface area contributed by atoms with Crippen LogP contribution in [0.15, 0.2) is 29.3 Å². The number of carbonyl (C=O) groups is 1. The van der Waals surface area contributed by atoms with E-state index in [2.05, 4.69) is 10.3 Å². The minimum atomic E-state index is -0.434. The number of ether oxygens (including phenoxy) is 1. The first-order valence-corrected chi connectivity index (χ1v) is 5.87. The Hall–Kier alpha value is -1.59. The third-order valence-corrected chi connectivity index (χ3v) is 2.67. The number of carbonyl (C=O) groups excluding carboxylic acids is 1. The number of morpholine rings is 1. The van der Waals surface area contributed by atoms with Crippen molar-refractivity contribution < 1.29 is 13.9 Å². The summed E-state index contributed by atoms with van der Waals surface area (Å²) in [5, 5.41) is 3.08. The van der Waals surface area contributed by atoms with Crippen LogP contribution in [-0.4, -0.2) is 44.3 Å². The standard InChI is InChI=1S/C13H15FN2O2/c14-11-4-2-1-3-10(11)7-16-8-12(17)13-9-15-5-6-18-13/h1-4,7,13,15H,5-6,8-9H2. The van der Waals surface area contributed by atoms with E-state index in [0.717, 1.165) is 6.54 Å². The van der Waals surface area contributed by atoms with Gasteiger partial charge >= 0.3 is 0 Å². The molecule has 0 aliphatic carbocycles. The maximum atomic E-state index is 13.3. The van der Waals surface area contributed by atoms with Crippen molar-refractivity contribution in [3.05, 3.63) is 35.6 Å². The predicted molar refractivity (Wildman–Crippen MR) is 66.5 cm³/mol. The van der Waals surface area contributed by atoms with Crippen molar-refractivity contribution >= 4 is 12.0 Å². The summed E-state index contributed by atoms with van der Waals surface area (Å²) in [7, 11) is 0. The summed E-state index contributed by atoms with van der Waals surface area (Å²) < 4.78 is 18.6. The number of Topliss-reactive ketones (excluding diaryl/α,β-unsaturated/α-hetero) is 1. The van der Waals surface area contributed by atoms with Gasteiger partial charge in [-0.1, -0.05) is 18.2 Å². The minimum Gasteiger partial charge on any atom is -0.368 e. The third kappa shape index (κ3) is 3.45. The summed E-state index contributed by atoms with van der Waals surface area (Å²) in [4.78, 5) is 15.7. The number of nitrogens with one attached hydrogen (secondary N) is 1. The van der Waals surface area contributed by atoms with Crippen LogP contribution in [0.3, 0.4) is 0 Å². The van der Waals surface area contributed by atoms with E-state index >= 15 is 0 Å². The molecule has 1 unspecified atom stereocenters. The lowest BCUT2D eigenvalue weighted by Crippen LogP contribution is -2.43. The highest BCUT2D eigenvalue weighted by molar-refractivity contribution is 5.88. The highest BCUT2D eigenvalue weighted by atomic mass is 19.1. The molecule has 0 aromatic heterocycles. The Morgan fingerprint density at radius 3 is 3.11 bits per heavy atom. The van der Waals surface area contributed by atoms with E-state index < -0.39 is 6.10 Å². The molecule has 1 aromatic rings. The fourth-order valence-corrected chi connectivity index (χ4v) is 1.69. The van der Waals surface area contributed by atoms with Gasteiger partial charge in [-0.05, 0) is 6.07 Å². The first-order valence-electron chi connectivity index (χ1n) is 5.87. The van der Waals surface area contributed by atoms with E-state index in [1.165, 1.54) is 12.3 Å². The lowest BCUT2D eigenvalue weighted by atomic mass is 10.2. The van der Waals surface area contributed by atoms with Crippen LogP contribution in [0.1, 0.15) is 5.56 Å². The van der Waals surface area contributed by atoms with Gasteiger partial charge in [-0.2, -0.15) is 0 Å². The zero-order valence-corrected chi connectivity index (χ0v) is 9.93. The van der Waals surface area contributed by atoms with Gasteiger partial charge in [0.2, 0.25) is 0 Å². The number of halogens is 1. The molecule has 1 saturated heterocycles. The topological polar surface area (TPSA) is 50.7 Å². The van der Waals surface area contributed by atoms with Crippen LogP contribution in [0.5, 0.6) is 0 Å². The van der Waals surface area contributed by atoms with Gasteiger partial charge in [-0.25, -0.2) is 4.39 Å². The van der Waals surface area contributed by atoms with Gasteiger partial charge in [-0.15, -0.1) is 0 Å². The summed E-state index contributed by atoms with van der Waals surface area (Å²) in [5.74, 6) is -0.431. The van der Waals surface area contributed by atoms with Crippen LogP contribution in [0.4, 0.5) is 4.39 Å². The molecule has 0 bridgehead atoms. The Balaban J connectivity index is 1.87. The van der Waals surface area contributed by atoms with E-state index in [1.54, 1.807) is 18.2 Å². The van der Waals surface area contributed by atoms with Crippen LogP contribution in [0.25, 0.3) is 0 Å². The van der Waals surface area contributed by atoms with Crippen LogP contribution in [-0.2, 0) is 9.53 Å². The molecule has 0 spiro atoms. The molecule has 1 aliphatic rings. The molecular formula is C13H15FN2O2. The van der Waals surface area contributed by atoms with Crippen LogP contribution in [0, 0.1) is 5.82 Å². The minimum absolute atomic E-state index is 0.0146. The molecule has 96 valence electrons. The van der Waals surface area contributed by atoms with Crippen molar-refractivity contribution in [1.82, 2.24) is 5.32 Å². The second-order valence-corrected chi connectivity index (χ2v) is 4.02. The zero-order valence-electron chi connectivity index (χ0n) is 9.93. The zero-order chi connectivity index (χ0) is 12.8. The van der Waals surface area contributed by atoms with Gasteiger partial charge in [0.1, 0.15) is 18.5 Å². The van der Waals surface area contributed by atoms with Crippen molar-refractivity contribution in [3.63, 3.8) is 0 Å². The number of ketones is 1. The fourth-order valence-electron chi connectivity index (χ4n) is 1.69. The van der Waals surface area contributed by atoms with Crippen molar-refractivity contribution in [2.24, 2.45) is 4.99 Å². The van der Waals surface area contributed by atoms with Crippen LogP contribution < -0.4 is 5.32 Å². The molecule has 1 fully saturated rings. The smallest absolute Gasteiger partial charge is 0.184 e. The first kappa shape index (κ1) is 12.9. The van der Waals surface area contributed by atoms with Gasteiger partial charge in [0.15, 0.2) is 5.78 Å². The Morgan fingerprint density at radius 2 is 2.39 bits per heavy atom. The number of aliphatic imine (C=N–C) groups is 1. The Bertz CT molecular complexity index is 442. The van der Waals surface area contributed by atoms with Gasteiger partial charge in [0.05, 0.1) is 6.61 Å². The van der Waals surface area contributed by atoms with E-state index in [4.69, 9.17) is 4.74 Å². The summed E-state index contributed by atoms with van der Waals surface area (Å²) in [6, 6.07) is 6.30. The molecule has 1 aliphatic heterocycles. The van der Waals surface area contributed by atoms with E-state index in [-0.39, 0.29) is 18.1 Å². The van der Waals surface area contributed by atoms with Crippen molar-refractivity contribution in [3.8, 4) is 0 Å². The second kappa shape index (κ2) is 6.37. The molecule has 18 heavy (non-hydrogen) atoms. The summed E-state index contributed by atoms with van der Waals surface area (Å²) in [5.41, 5.74) is 0.382. The molecule has 1 atom stereocenters. The molecule has 4 nitrogen and oxygen atoms in total. The molecular weight excluding hydrogens is 235 g/mol. The molecule has 1 N–H and O–H groups in total. The van der Waals surface area contributed by atoms with Gasteiger partial charge in [0.25, 0.3) is 0 Å². The van der Waals surface area contributed by atoms with Gasteiger partial charge in [-0.3, -0.25) is 9.79 Å². The summed E-state index contributed by atoms with van der Waals surface area (Å²) in [6.45, 7) is 1.84. The van der Waals surface area contributed by atoms with Crippen LogP contribution in [0.2, 0.25) is 0 Å². The molecule has 2 rings (SSSR count). The number of benzene rings is 1. The van der Waals surface area contributed by atoms with E-state index in [9.17, 15) is 9.18 Å².